The van der Waals surface area contributed by atoms with Crippen LogP contribution in [0.15, 0.2) is 30.5 Å². The summed E-state index contributed by atoms with van der Waals surface area (Å²) in [6.45, 7) is 1.43. The van der Waals surface area contributed by atoms with Crippen molar-refractivity contribution in [2.45, 2.75) is 19.1 Å². The second-order valence-corrected chi connectivity index (χ2v) is 4.13. The van der Waals surface area contributed by atoms with Crippen molar-refractivity contribution in [1.82, 2.24) is 9.78 Å². The summed E-state index contributed by atoms with van der Waals surface area (Å²) >= 11 is 0. The maximum Gasteiger partial charge on any atom is 0.433 e. The standard InChI is InChI=1S/C12H11F4N3/c1-7(17)10-6-18-19(11(10)12(14,15)16)9-4-2-3-8(13)5-9/h2-7H,17H2,1H3. The van der Waals surface area contributed by atoms with Crippen molar-refractivity contribution < 1.29 is 17.6 Å². The van der Waals surface area contributed by atoms with Crippen molar-refractivity contribution in [2.75, 3.05) is 0 Å². The summed E-state index contributed by atoms with van der Waals surface area (Å²) < 4.78 is 53.0. The van der Waals surface area contributed by atoms with Crippen molar-refractivity contribution >= 4 is 0 Å². The van der Waals surface area contributed by atoms with Crippen LogP contribution in [0, 0.1) is 5.82 Å². The molecule has 1 atom stereocenters. The Morgan fingerprint density at radius 1 is 1.32 bits per heavy atom. The zero-order valence-corrected chi connectivity index (χ0v) is 9.95. The molecular formula is C12H11F4N3. The van der Waals surface area contributed by atoms with Crippen LogP contribution in [0.4, 0.5) is 17.6 Å². The van der Waals surface area contributed by atoms with Crippen LogP contribution in [0.25, 0.3) is 5.69 Å². The lowest BCUT2D eigenvalue weighted by molar-refractivity contribution is -0.143. The molecule has 3 nitrogen and oxygen atoms in total. The van der Waals surface area contributed by atoms with Crippen molar-refractivity contribution in [1.29, 1.82) is 0 Å². The lowest BCUT2D eigenvalue weighted by Crippen LogP contribution is -2.18. The number of rotatable bonds is 2. The zero-order chi connectivity index (χ0) is 14.2. The number of nitrogens with two attached hydrogens (primary N) is 1. The van der Waals surface area contributed by atoms with Gasteiger partial charge in [0.1, 0.15) is 5.82 Å². The Bertz CT molecular complexity index is 587. The monoisotopic (exact) mass is 273 g/mol. The molecule has 1 unspecified atom stereocenters. The maximum atomic E-state index is 13.1. The molecule has 1 aromatic heterocycles. The fraction of sp³-hybridized carbons (Fsp3) is 0.250. The molecule has 0 spiro atoms. The molecule has 0 saturated carbocycles. The molecule has 1 aromatic carbocycles. The van der Waals surface area contributed by atoms with Gasteiger partial charge in [0.15, 0.2) is 5.69 Å². The van der Waals surface area contributed by atoms with E-state index in [4.69, 9.17) is 5.73 Å². The van der Waals surface area contributed by atoms with Crippen LogP contribution in [0.3, 0.4) is 0 Å². The summed E-state index contributed by atoms with van der Waals surface area (Å²) in [7, 11) is 0. The Labute approximate surface area is 106 Å². The van der Waals surface area contributed by atoms with Gasteiger partial charge in [-0.1, -0.05) is 6.07 Å². The Kier molecular flexibility index (Phi) is 3.32. The van der Waals surface area contributed by atoms with Gasteiger partial charge >= 0.3 is 6.18 Å². The first-order chi connectivity index (χ1) is 8.80. The number of benzene rings is 1. The minimum absolute atomic E-state index is 0.000718. The lowest BCUT2D eigenvalue weighted by Gasteiger charge is -2.14. The summed E-state index contributed by atoms with van der Waals surface area (Å²) in [5.74, 6) is -0.636. The van der Waals surface area contributed by atoms with Crippen molar-refractivity contribution in [2.24, 2.45) is 5.73 Å². The van der Waals surface area contributed by atoms with Crippen molar-refractivity contribution in [3.8, 4) is 5.69 Å². The van der Waals surface area contributed by atoms with Gasteiger partial charge in [0.05, 0.1) is 11.9 Å². The van der Waals surface area contributed by atoms with Gasteiger partial charge < -0.3 is 5.73 Å². The molecule has 2 rings (SSSR count). The highest BCUT2D eigenvalue weighted by atomic mass is 19.4. The number of aromatic nitrogens is 2. The number of halogens is 4. The topological polar surface area (TPSA) is 43.8 Å². The molecule has 1 heterocycles. The molecule has 0 fully saturated rings. The third-order valence-electron chi connectivity index (χ3n) is 2.61. The Hall–Kier alpha value is -1.89. The first-order valence-electron chi connectivity index (χ1n) is 5.47. The molecule has 0 saturated heterocycles. The average molecular weight is 273 g/mol. The maximum absolute atomic E-state index is 13.1. The van der Waals surface area contributed by atoms with Gasteiger partial charge in [-0.3, -0.25) is 0 Å². The first-order valence-corrected chi connectivity index (χ1v) is 5.47. The van der Waals surface area contributed by atoms with E-state index >= 15 is 0 Å². The predicted octanol–water partition coefficient (Wildman–Crippen LogP) is 3.05. The molecule has 7 heteroatoms. The average Bonchev–Trinajstić information content (AvgIpc) is 2.73. The number of hydrogen-bond acceptors (Lipinski definition) is 2. The van der Waals surface area contributed by atoms with E-state index < -0.39 is 23.7 Å². The minimum Gasteiger partial charge on any atom is -0.324 e. The number of hydrogen-bond donors (Lipinski definition) is 1. The quantitative estimate of drug-likeness (QED) is 0.855. The number of nitrogens with zero attached hydrogens (tertiary/aromatic N) is 2. The molecule has 0 bridgehead atoms. The SMILES string of the molecule is CC(N)c1cnn(-c2cccc(F)c2)c1C(F)(F)F. The third-order valence-corrected chi connectivity index (χ3v) is 2.61. The fourth-order valence-corrected chi connectivity index (χ4v) is 1.78. The van der Waals surface area contributed by atoms with E-state index in [1.807, 2.05) is 0 Å². The zero-order valence-electron chi connectivity index (χ0n) is 9.95. The fourth-order valence-electron chi connectivity index (χ4n) is 1.78. The molecule has 0 aliphatic rings. The van der Waals surface area contributed by atoms with E-state index in [0.29, 0.717) is 4.68 Å². The highest BCUT2D eigenvalue weighted by molar-refractivity contribution is 5.37. The highest BCUT2D eigenvalue weighted by Gasteiger charge is 2.39. The highest BCUT2D eigenvalue weighted by Crippen LogP contribution is 2.35. The second-order valence-electron chi connectivity index (χ2n) is 4.13. The van der Waals surface area contributed by atoms with Crippen LogP contribution in [0.1, 0.15) is 24.2 Å². The normalized spacial score (nSPS) is 13.6. The van der Waals surface area contributed by atoms with Crippen LogP contribution in [0.2, 0.25) is 0 Å². The van der Waals surface area contributed by atoms with Crippen molar-refractivity contribution in [3.05, 3.63) is 47.5 Å². The van der Waals surface area contributed by atoms with E-state index in [0.717, 1.165) is 18.3 Å². The smallest absolute Gasteiger partial charge is 0.324 e. The molecule has 0 aliphatic heterocycles. The van der Waals surface area contributed by atoms with E-state index in [1.165, 1.54) is 19.1 Å². The Balaban J connectivity index is 2.65. The van der Waals surface area contributed by atoms with Crippen LogP contribution in [-0.4, -0.2) is 9.78 Å². The first kappa shape index (κ1) is 13.5. The molecule has 2 aromatic rings. The van der Waals surface area contributed by atoms with Gasteiger partial charge in [-0.25, -0.2) is 9.07 Å². The van der Waals surface area contributed by atoms with Gasteiger partial charge in [-0.15, -0.1) is 0 Å². The van der Waals surface area contributed by atoms with Gasteiger partial charge in [0, 0.05) is 11.6 Å². The summed E-state index contributed by atoms with van der Waals surface area (Å²) in [5.41, 5.74) is 4.40. The summed E-state index contributed by atoms with van der Waals surface area (Å²) in [6, 6.07) is 3.97. The molecular weight excluding hydrogens is 262 g/mol. The van der Waals surface area contributed by atoms with E-state index in [9.17, 15) is 17.6 Å². The predicted molar refractivity (Wildman–Crippen MR) is 61.1 cm³/mol. The molecule has 0 amide bonds. The molecule has 102 valence electrons. The largest absolute Gasteiger partial charge is 0.433 e. The van der Waals surface area contributed by atoms with Gasteiger partial charge in [0.2, 0.25) is 0 Å². The van der Waals surface area contributed by atoms with E-state index in [1.54, 1.807) is 0 Å². The van der Waals surface area contributed by atoms with E-state index in [-0.39, 0.29) is 11.3 Å². The van der Waals surface area contributed by atoms with Crippen LogP contribution in [-0.2, 0) is 6.18 Å². The Morgan fingerprint density at radius 3 is 2.53 bits per heavy atom. The van der Waals surface area contributed by atoms with Gasteiger partial charge in [-0.05, 0) is 25.1 Å². The van der Waals surface area contributed by atoms with Gasteiger partial charge in [-0.2, -0.15) is 18.3 Å². The minimum atomic E-state index is -4.62. The Morgan fingerprint density at radius 2 is 2.00 bits per heavy atom. The van der Waals surface area contributed by atoms with Crippen LogP contribution < -0.4 is 5.73 Å². The summed E-state index contributed by atoms with van der Waals surface area (Å²) in [6.07, 6.45) is -3.57. The molecule has 19 heavy (non-hydrogen) atoms. The third kappa shape index (κ3) is 2.60. The summed E-state index contributed by atoms with van der Waals surface area (Å²) in [5, 5.41) is 3.67. The van der Waals surface area contributed by atoms with Gasteiger partial charge in [0.25, 0.3) is 0 Å². The van der Waals surface area contributed by atoms with Crippen LogP contribution >= 0.6 is 0 Å². The van der Waals surface area contributed by atoms with Crippen molar-refractivity contribution in [3.63, 3.8) is 0 Å². The molecule has 0 aliphatic carbocycles. The number of alkyl halides is 3. The molecule has 0 radical (unpaired) electrons. The van der Waals surface area contributed by atoms with E-state index in [2.05, 4.69) is 5.10 Å². The second kappa shape index (κ2) is 4.65. The van der Waals surface area contributed by atoms with Crippen LogP contribution in [0.5, 0.6) is 0 Å². The molecule has 2 N–H and O–H groups in total. The lowest BCUT2D eigenvalue weighted by atomic mass is 10.1. The summed E-state index contributed by atoms with van der Waals surface area (Å²) in [4.78, 5) is 0.